The van der Waals surface area contributed by atoms with Crippen LogP contribution in [0.25, 0.3) is 0 Å². The Balaban J connectivity index is 2.02. The standard InChI is InChI=1S/C12H12FN3O/c13-9-2-4-12(16-7-9)15-6-8-1-3-10(14)11(17)5-8/h1-5,7,17H,6,14H2,(H,15,16). The van der Waals surface area contributed by atoms with Gasteiger partial charge in [-0.25, -0.2) is 9.37 Å². The van der Waals surface area contributed by atoms with E-state index in [1.54, 1.807) is 24.3 Å². The average molecular weight is 233 g/mol. The number of nitrogens with two attached hydrogens (primary N) is 1. The lowest BCUT2D eigenvalue weighted by Crippen LogP contribution is -2.01. The second-order valence-electron chi connectivity index (χ2n) is 3.61. The molecule has 0 saturated carbocycles. The summed E-state index contributed by atoms with van der Waals surface area (Å²) < 4.78 is 12.6. The number of benzene rings is 1. The quantitative estimate of drug-likeness (QED) is 0.561. The summed E-state index contributed by atoms with van der Waals surface area (Å²) >= 11 is 0. The summed E-state index contributed by atoms with van der Waals surface area (Å²) in [5.41, 5.74) is 6.69. The van der Waals surface area contributed by atoms with E-state index < -0.39 is 0 Å². The number of phenols is 1. The first-order valence-corrected chi connectivity index (χ1v) is 5.08. The first-order chi connectivity index (χ1) is 8.15. The third-order valence-electron chi connectivity index (χ3n) is 2.30. The molecule has 2 aromatic rings. The Bertz CT molecular complexity index is 514. The van der Waals surface area contributed by atoms with E-state index in [9.17, 15) is 9.50 Å². The number of hydrogen-bond acceptors (Lipinski definition) is 4. The molecule has 4 nitrogen and oxygen atoms in total. The summed E-state index contributed by atoms with van der Waals surface area (Å²) in [4.78, 5) is 3.86. The highest BCUT2D eigenvalue weighted by Crippen LogP contribution is 2.21. The topological polar surface area (TPSA) is 71.2 Å². The van der Waals surface area contributed by atoms with Crippen molar-refractivity contribution in [2.75, 3.05) is 11.1 Å². The molecule has 0 radical (unpaired) electrons. The summed E-state index contributed by atoms with van der Waals surface area (Å²) in [6, 6.07) is 7.88. The van der Waals surface area contributed by atoms with E-state index in [1.165, 1.54) is 6.07 Å². The van der Waals surface area contributed by atoms with E-state index in [2.05, 4.69) is 10.3 Å². The second kappa shape index (κ2) is 4.69. The van der Waals surface area contributed by atoms with Crippen LogP contribution in [0.2, 0.25) is 0 Å². The highest BCUT2D eigenvalue weighted by Gasteiger charge is 2.00. The van der Waals surface area contributed by atoms with Crippen molar-refractivity contribution in [3.63, 3.8) is 0 Å². The fourth-order valence-electron chi connectivity index (χ4n) is 1.37. The van der Waals surface area contributed by atoms with E-state index in [1.807, 2.05) is 0 Å². The van der Waals surface area contributed by atoms with Gasteiger partial charge in [-0.2, -0.15) is 0 Å². The molecule has 0 atom stereocenters. The number of nitrogens with one attached hydrogen (secondary N) is 1. The van der Waals surface area contributed by atoms with Crippen molar-refractivity contribution in [3.05, 3.63) is 47.9 Å². The predicted octanol–water partition coefficient (Wildman–Crippen LogP) is 2.12. The van der Waals surface area contributed by atoms with Crippen LogP contribution in [0.1, 0.15) is 5.56 Å². The van der Waals surface area contributed by atoms with Gasteiger partial charge in [0.1, 0.15) is 17.4 Å². The number of pyridine rings is 1. The molecule has 1 aromatic heterocycles. The molecule has 0 aliphatic rings. The highest BCUT2D eigenvalue weighted by molar-refractivity contribution is 5.53. The van der Waals surface area contributed by atoms with E-state index in [0.717, 1.165) is 11.8 Å². The maximum atomic E-state index is 12.6. The molecule has 0 amide bonds. The zero-order valence-corrected chi connectivity index (χ0v) is 9.02. The van der Waals surface area contributed by atoms with Gasteiger partial charge in [0.15, 0.2) is 0 Å². The molecule has 88 valence electrons. The molecule has 0 fully saturated rings. The summed E-state index contributed by atoms with van der Waals surface area (Å²) in [5.74, 6) is 0.250. The molecule has 0 bridgehead atoms. The summed E-state index contributed by atoms with van der Waals surface area (Å²) in [5, 5.41) is 12.4. The van der Waals surface area contributed by atoms with Crippen LogP contribution < -0.4 is 11.1 Å². The first-order valence-electron chi connectivity index (χ1n) is 5.08. The molecule has 1 aromatic carbocycles. The first kappa shape index (κ1) is 11.2. The molecular formula is C12H12FN3O. The Kier molecular flexibility index (Phi) is 3.09. The number of nitrogen functional groups attached to an aromatic ring is 1. The molecule has 5 heteroatoms. The van der Waals surface area contributed by atoms with Gasteiger partial charge in [0.2, 0.25) is 0 Å². The monoisotopic (exact) mass is 233 g/mol. The molecule has 0 saturated heterocycles. The predicted molar refractivity (Wildman–Crippen MR) is 64.0 cm³/mol. The van der Waals surface area contributed by atoms with Crippen molar-refractivity contribution in [1.29, 1.82) is 0 Å². The van der Waals surface area contributed by atoms with Gasteiger partial charge in [-0.1, -0.05) is 6.07 Å². The number of phenolic OH excluding ortho intramolecular Hbond substituents is 1. The number of nitrogens with zero attached hydrogens (tertiary/aromatic N) is 1. The van der Waals surface area contributed by atoms with Crippen molar-refractivity contribution in [3.8, 4) is 5.75 Å². The van der Waals surface area contributed by atoms with E-state index >= 15 is 0 Å². The fraction of sp³-hybridized carbons (Fsp3) is 0.0833. The van der Waals surface area contributed by atoms with Gasteiger partial charge >= 0.3 is 0 Å². The molecule has 0 spiro atoms. The SMILES string of the molecule is Nc1ccc(CNc2ccc(F)cn2)cc1O. The Labute approximate surface area is 97.9 Å². The normalized spacial score (nSPS) is 10.2. The van der Waals surface area contributed by atoms with E-state index in [0.29, 0.717) is 18.1 Å². The number of anilines is 2. The van der Waals surface area contributed by atoms with Crippen LogP contribution in [0.3, 0.4) is 0 Å². The fourth-order valence-corrected chi connectivity index (χ4v) is 1.37. The lowest BCUT2D eigenvalue weighted by atomic mass is 10.2. The highest BCUT2D eigenvalue weighted by atomic mass is 19.1. The van der Waals surface area contributed by atoms with E-state index in [-0.39, 0.29) is 11.6 Å². The minimum Gasteiger partial charge on any atom is -0.506 e. The lowest BCUT2D eigenvalue weighted by molar-refractivity contribution is 0.477. The minimum atomic E-state index is -0.374. The third kappa shape index (κ3) is 2.84. The van der Waals surface area contributed by atoms with Gasteiger partial charge in [-0.15, -0.1) is 0 Å². The van der Waals surface area contributed by atoms with Gasteiger partial charge in [0.05, 0.1) is 11.9 Å². The largest absolute Gasteiger partial charge is 0.506 e. The molecule has 2 rings (SSSR count). The van der Waals surface area contributed by atoms with Crippen molar-refractivity contribution >= 4 is 11.5 Å². The number of aromatic nitrogens is 1. The Morgan fingerprint density at radius 1 is 1.29 bits per heavy atom. The summed E-state index contributed by atoms with van der Waals surface area (Å²) in [6.45, 7) is 0.479. The van der Waals surface area contributed by atoms with Gasteiger partial charge in [0.25, 0.3) is 0 Å². The molecular weight excluding hydrogens is 221 g/mol. The molecule has 1 heterocycles. The molecule has 0 aliphatic heterocycles. The van der Waals surface area contributed by atoms with Gasteiger partial charge in [0, 0.05) is 6.54 Å². The van der Waals surface area contributed by atoms with Crippen LogP contribution in [-0.2, 0) is 6.54 Å². The third-order valence-corrected chi connectivity index (χ3v) is 2.30. The molecule has 17 heavy (non-hydrogen) atoms. The zero-order valence-electron chi connectivity index (χ0n) is 9.02. The number of hydrogen-bond donors (Lipinski definition) is 3. The van der Waals surface area contributed by atoms with Crippen LogP contribution in [0, 0.1) is 5.82 Å². The van der Waals surface area contributed by atoms with Crippen LogP contribution in [0.5, 0.6) is 5.75 Å². The lowest BCUT2D eigenvalue weighted by Gasteiger charge is -2.06. The van der Waals surface area contributed by atoms with E-state index in [4.69, 9.17) is 5.73 Å². The zero-order chi connectivity index (χ0) is 12.3. The van der Waals surface area contributed by atoms with Crippen LogP contribution >= 0.6 is 0 Å². The number of halogens is 1. The van der Waals surface area contributed by atoms with Crippen molar-refractivity contribution < 1.29 is 9.50 Å². The van der Waals surface area contributed by atoms with Crippen molar-refractivity contribution in [1.82, 2.24) is 4.98 Å². The number of rotatable bonds is 3. The van der Waals surface area contributed by atoms with Crippen molar-refractivity contribution in [2.24, 2.45) is 0 Å². The maximum Gasteiger partial charge on any atom is 0.141 e. The van der Waals surface area contributed by atoms with Gasteiger partial charge < -0.3 is 16.2 Å². The van der Waals surface area contributed by atoms with Crippen LogP contribution in [0.15, 0.2) is 36.5 Å². The second-order valence-corrected chi connectivity index (χ2v) is 3.61. The maximum absolute atomic E-state index is 12.6. The summed E-state index contributed by atoms with van der Waals surface area (Å²) in [7, 11) is 0. The minimum absolute atomic E-state index is 0.0522. The van der Waals surface area contributed by atoms with Gasteiger partial charge in [-0.05, 0) is 29.8 Å². The number of aromatic hydroxyl groups is 1. The molecule has 0 aliphatic carbocycles. The Hall–Kier alpha value is -2.30. The molecule has 4 N–H and O–H groups in total. The smallest absolute Gasteiger partial charge is 0.141 e. The Morgan fingerprint density at radius 2 is 2.12 bits per heavy atom. The van der Waals surface area contributed by atoms with Crippen molar-refractivity contribution in [2.45, 2.75) is 6.54 Å². The van der Waals surface area contributed by atoms with Crippen LogP contribution in [-0.4, -0.2) is 10.1 Å². The average Bonchev–Trinajstić information content (AvgIpc) is 2.33. The Morgan fingerprint density at radius 3 is 2.76 bits per heavy atom. The summed E-state index contributed by atoms with van der Waals surface area (Å²) in [6.07, 6.45) is 1.14. The molecule has 0 unspecified atom stereocenters. The van der Waals surface area contributed by atoms with Gasteiger partial charge in [-0.3, -0.25) is 0 Å². The van der Waals surface area contributed by atoms with Crippen LogP contribution in [0.4, 0.5) is 15.9 Å².